The minimum Gasteiger partial charge on any atom is -0.394 e. The number of benzene rings is 1. The molecule has 0 spiro atoms. The molecule has 1 aromatic rings. The maximum Gasteiger partial charge on any atom is 0.245 e. The number of aryl methyl sites for hydroxylation is 2. The van der Waals surface area contributed by atoms with E-state index in [1.165, 1.54) is 0 Å². The number of nitrogens with zero attached hydrogens (tertiary/aromatic N) is 1. The minimum absolute atomic E-state index is 0.111. The molecular formula is C15H22N2O2. The van der Waals surface area contributed by atoms with Crippen molar-refractivity contribution in [1.82, 2.24) is 5.32 Å². The molecule has 4 heteroatoms. The second kappa shape index (κ2) is 4.85. The summed E-state index contributed by atoms with van der Waals surface area (Å²) in [6.07, 6.45) is 0. The van der Waals surface area contributed by atoms with Gasteiger partial charge in [0.25, 0.3) is 0 Å². The Morgan fingerprint density at radius 2 is 2.11 bits per heavy atom. The van der Waals surface area contributed by atoms with Crippen molar-refractivity contribution in [1.29, 1.82) is 0 Å². The first-order valence-electron chi connectivity index (χ1n) is 6.61. The molecule has 0 aliphatic carbocycles. The molecule has 2 N–H and O–H groups in total. The van der Waals surface area contributed by atoms with E-state index < -0.39 is 6.04 Å². The zero-order chi connectivity index (χ0) is 14.2. The topological polar surface area (TPSA) is 52.6 Å². The highest BCUT2D eigenvalue weighted by Gasteiger charge is 2.38. The second-order valence-corrected chi connectivity index (χ2v) is 5.99. The van der Waals surface area contributed by atoms with Crippen molar-refractivity contribution in [2.24, 2.45) is 0 Å². The predicted molar refractivity (Wildman–Crippen MR) is 76.4 cm³/mol. The van der Waals surface area contributed by atoms with Gasteiger partial charge in [-0.1, -0.05) is 12.1 Å². The van der Waals surface area contributed by atoms with Crippen LogP contribution >= 0.6 is 0 Å². The Kier molecular flexibility index (Phi) is 3.54. The lowest BCUT2D eigenvalue weighted by atomic mass is 9.96. The molecule has 1 aromatic carbocycles. The van der Waals surface area contributed by atoms with Crippen LogP contribution in [0.2, 0.25) is 0 Å². The molecule has 0 aromatic heterocycles. The molecule has 1 saturated heterocycles. The largest absolute Gasteiger partial charge is 0.394 e. The maximum absolute atomic E-state index is 12.1. The van der Waals surface area contributed by atoms with Gasteiger partial charge in [-0.05, 0) is 44.9 Å². The van der Waals surface area contributed by atoms with Gasteiger partial charge in [-0.25, -0.2) is 0 Å². The van der Waals surface area contributed by atoms with Gasteiger partial charge < -0.3 is 15.3 Å². The van der Waals surface area contributed by atoms with Crippen LogP contribution in [-0.4, -0.2) is 35.7 Å². The number of aliphatic hydroxyl groups is 1. The second-order valence-electron chi connectivity index (χ2n) is 5.99. The van der Waals surface area contributed by atoms with Crippen molar-refractivity contribution in [2.75, 3.05) is 18.1 Å². The van der Waals surface area contributed by atoms with Crippen LogP contribution in [0, 0.1) is 13.8 Å². The quantitative estimate of drug-likeness (QED) is 0.846. The number of hydrogen-bond acceptors (Lipinski definition) is 3. The van der Waals surface area contributed by atoms with Crippen LogP contribution in [0.5, 0.6) is 0 Å². The summed E-state index contributed by atoms with van der Waals surface area (Å²) in [5.74, 6) is -0.111. The summed E-state index contributed by atoms with van der Waals surface area (Å²) in [6, 6.07) is 5.68. The van der Waals surface area contributed by atoms with Crippen LogP contribution in [0.25, 0.3) is 0 Å². The van der Waals surface area contributed by atoms with Gasteiger partial charge in [0.05, 0.1) is 12.1 Å². The summed E-state index contributed by atoms with van der Waals surface area (Å²) in [6.45, 7) is 8.57. The third-order valence-electron chi connectivity index (χ3n) is 3.55. The molecule has 0 radical (unpaired) electrons. The van der Waals surface area contributed by atoms with Gasteiger partial charge in [0.15, 0.2) is 0 Å². The van der Waals surface area contributed by atoms with Gasteiger partial charge in [0.1, 0.15) is 6.04 Å². The normalized spacial score (nSPS) is 22.3. The predicted octanol–water partition coefficient (Wildman–Crippen LogP) is 1.38. The Labute approximate surface area is 114 Å². The monoisotopic (exact) mass is 262 g/mol. The van der Waals surface area contributed by atoms with Crippen LogP contribution < -0.4 is 10.2 Å². The lowest BCUT2D eigenvalue weighted by molar-refractivity contribution is -0.126. The lowest BCUT2D eigenvalue weighted by Crippen LogP contribution is -2.66. The number of carbonyl (C=O) groups excluding carboxylic acids is 1. The standard InChI is InChI=1S/C15H22N2O2/c1-10-5-6-11(2)12(7-10)17-9-15(3,4)16-14(19)13(17)8-18/h5-7,13,18H,8-9H2,1-4H3,(H,16,19). The van der Waals surface area contributed by atoms with Crippen molar-refractivity contribution in [2.45, 2.75) is 39.3 Å². The van der Waals surface area contributed by atoms with Crippen molar-refractivity contribution in [3.05, 3.63) is 29.3 Å². The molecule has 1 fully saturated rings. The van der Waals surface area contributed by atoms with Gasteiger partial charge in [-0.3, -0.25) is 4.79 Å². The van der Waals surface area contributed by atoms with Crippen molar-refractivity contribution >= 4 is 11.6 Å². The van der Waals surface area contributed by atoms with Gasteiger partial charge in [0.2, 0.25) is 5.91 Å². The fraction of sp³-hybridized carbons (Fsp3) is 0.533. The van der Waals surface area contributed by atoms with E-state index in [1.807, 2.05) is 32.6 Å². The number of carbonyl (C=O) groups is 1. The first kappa shape index (κ1) is 13.9. The molecule has 2 rings (SSSR count). The summed E-state index contributed by atoms with van der Waals surface area (Å²) in [5.41, 5.74) is 3.01. The van der Waals surface area contributed by atoms with E-state index in [0.717, 1.165) is 16.8 Å². The molecule has 1 unspecified atom stereocenters. The number of anilines is 1. The number of hydrogen-bond donors (Lipinski definition) is 2. The third-order valence-corrected chi connectivity index (χ3v) is 3.55. The van der Waals surface area contributed by atoms with Crippen LogP contribution in [0.1, 0.15) is 25.0 Å². The average Bonchev–Trinajstić information content (AvgIpc) is 2.30. The Bertz CT molecular complexity index is 497. The van der Waals surface area contributed by atoms with Crippen LogP contribution in [-0.2, 0) is 4.79 Å². The lowest BCUT2D eigenvalue weighted by Gasteiger charge is -2.44. The zero-order valence-electron chi connectivity index (χ0n) is 12.0. The summed E-state index contributed by atoms with van der Waals surface area (Å²) >= 11 is 0. The van der Waals surface area contributed by atoms with Gasteiger partial charge in [0, 0.05) is 12.2 Å². The first-order valence-corrected chi connectivity index (χ1v) is 6.61. The number of rotatable bonds is 2. The van der Waals surface area contributed by atoms with E-state index in [9.17, 15) is 9.90 Å². The van der Waals surface area contributed by atoms with Crippen LogP contribution in [0.15, 0.2) is 18.2 Å². The highest BCUT2D eigenvalue weighted by molar-refractivity contribution is 5.88. The minimum atomic E-state index is -0.506. The highest BCUT2D eigenvalue weighted by atomic mass is 16.3. The van der Waals surface area contributed by atoms with E-state index >= 15 is 0 Å². The summed E-state index contributed by atoms with van der Waals surface area (Å²) in [5, 5.41) is 12.5. The number of nitrogens with one attached hydrogen (secondary N) is 1. The molecule has 1 heterocycles. The van der Waals surface area contributed by atoms with E-state index in [-0.39, 0.29) is 18.1 Å². The molecule has 0 saturated carbocycles. The SMILES string of the molecule is Cc1ccc(C)c(N2CC(C)(C)NC(=O)C2CO)c1. The van der Waals surface area contributed by atoms with Crippen molar-refractivity contribution in [3.63, 3.8) is 0 Å². The molecule has 1 atom stereocenters. The van der Waals surface area contributed by atoms with E-state index in [4.69, 9.17) is 0 Å². The summed E-state index contributed by atoms with van der Waals surface area (Å²) in [4.78, 5) is 14.1. The summed E-state index contributed by atoms with van der Waals surface area (Å²) in [7, 11) is 0. The van der Waals surface area contributed by atoms with Crippen LogP contribution in [0.3, 0.4) is 0 Å². The van der Waals surface area contributed by atoms with Crippen LogP contribution in [0.4, 0.5) is 5.69 Å². The Morgan fingerprint density at radius 3 is 2.74 bits per heavy atom. The molecule has 19 heavy (non-hydrogen) atoms. The van der Waals surface area contributed by atoms with E-state index in [1.54, 1.807) is 0 Å². The molecular weight excluding hydrogens is 240 g/mol. The molecule has 0 bridgehead atoms. The highest BCUT2D eigenvalue weighted by Crippen LogP contribution is 2.28. The zero-order valence-corrected chi connectivity index (χ0v) is 12.0. The van der Waals surface area contributed by atoms with Gasteiger partial charge in [-0.2, -0.15) is 0 Å². The summed E-state index contributed by atoms with van der Waals surface area (Å²) < 4.78 is 0. The number of aliphatic hydroxyl groups excluding tert-OH is 1. The molecule has 1 aliphatic heterocycles. The molecule has 4 nitrogen and oxygen atoms in total. The first-order chi connectivity index (χ1) is 8.84. The van der Waals surface area contributed by atoms with Crippen molar-refractivity contribution in [3.8, 4) is 0 Å². The molecule has 1 aliphatic rings. The third kappa shape index (κ3) is 2.73. The number of piperazine rings is 1. The fourth-order valence-electron chi connectivity index (χ4n) is 2.60. The maximum atomic E-state index is 12.1. The van der Waals surface area contributed by atoms with Crippen molar-refractivity contribution < 1.29 is 9.90 Å². The number of amides is 1. The Morgan fingerprint density at radius 1 is 1.42 bits per heavy atom. The fourth-order valence-corrected chi connectivity index (χ4v) is 2.60. The van der Waals surface area contributed by atoms with Gasteiger partial charge in [-0.15, -0.1) is 0 Å². The Balaban J connectivity index is 2.44. The smallest absolute Gasteiger partial charge is 0.245 e. The average molecular weight is 262 g/mol. The Hall–Kier alpha value is -1.55. The van der Waals surface area contributed by atoms with E-state index in [2.05, 4.69) is 23.5 Å². The molecule has 1 amide bonds. The molecule has 104 valence electrons. The van der Waals surface area contributed by atoms with Gasteiger partial charge >= 0.3 is 0 Å². The van der Waals surface area contributed by atoms with E-state index in [0.29, 0.717) is 6.54 Å².